The van der Waals surface area contributed by atoms with Crippen LogP contribution in [0.25, 0.3) is 0 Å². The summed E-state index contributed by atoms with van der Waals surface area (Å²) in [5.41, 5.74) is 1.48. The number of carbonyl (C=O) groups is 3. The van der Waals surface area contributed by atoms with E-state index in [1.807, 2.05) is 20.8 Å². The third-order valence-corrected chi connectivity index (χ3v) is 5.67. The van der Waals surface area contributed by atoms with Crippen LogP contribution in [0.2, 0.25) is 5.02 Å². The summed E-state index contributed by atoms with van der Waals surface area (Å²) in [6, 6.07) is 10.1. The zero-order chi connectivity index (χ0) is 23.5. The molecule has 1 saturated carbocycles. The Morgan fingerprint density at radius 3 is 2.41 bits per heavy atom. The largest absolute Gasteiger partial charge is 0.496 e. The molecule has 2 aromatic rings. The van der Waals surface area contributed by atoms with Gasteiger partial charge in [0.2, 0.25) is 5.91 Å². The maximum atomic E-state index is 12.9. The second-order valence-electron chi connectivity index (χ2n) is 9.19. The van der Waals surface area contributed by atoms with E-state index in [4.69, 9.17) is 16.3 Å². The van der Waals surface area contributed by atoms with Gasteiger partial charge in [0.1, 0.15) is 5.75 Å². The van der Waals surface area contributed by atoms with Crippen molar-refractivity contribution in [2.75, 3.05) is 12.4 Å². The van der Waals surface area contributed by atoms with E-state index >= 15 is 0 Å². The van der Waals surface area contributed by atoms with Gasteiger partial charge in [-0.3, -0.25) is 14.4 Å². The highest BCUT2D eigenvalue weighted by Crippen LogP contribution is 2.35. The molecule has 6 nitrogen and oxygen atoms in total. The van der Waals surface area contributed by atoms with Crippen molar-refractivity contribution < 1.29 is 19.1 Å². The van der Waals surface area contributed by atoms with Crippen LogP contribution in [0.3, 0.4) is 0 Å². The molecule has 2 aromatic carbocycles. The van der Waals surface area contributed by atoms with E-state index in [0.29, 0.717) is 34.4 Å². The van der Waals surface area contributed by atoms with Crippen LogP contribution in [0.4, 0.5) is 5.69 Å². The molecule has 0 heterocycles. The highest BCUT2D eigenvalue weighted by molar-refractivity contribution is 6.34. The van der Waals surface area contributed by atoms with Gasteiger partial charge in [-0.1, -0.05) is 38.4 Å². The molecule has 0 aromatic heterocycles. The molecule has 0 aliphatic heterocycles. The fraction of sp³-hybridized carbons (Fsp3) is 0.400. The van der Waals surface area contributed by atoms with Crippen LogP contribution < -0.4 is 15.4 Å². The van der Waals surface area contributed by atoms with Gasteiger partial charge in [0.25, 0.3) is 5.91 Å². The zero-order valence-corrected chi connectivity index (χ0v) is 19.6. The van der Waals surface area contributed by atoms with Crippen molar-refractivity contribution in [3.63, 3.8) is 0 Å². The van der Waals surface area contributed by atoms with Crippen molar-refractivity contribution in [3.8, 4) is 5.75 Å². The molecule has 3 rings (SSSR count). The minimum absolute atomic E-state index is 0.00932. The smallest absolute Gasteiger partial charge is 0.257 e. The van der Waals surface area contributed by atoms with E-state index in [2.05, 4.69) is 10.6 Å². The minimum Gasteiger partial charge on any atom is -0.496 e. The molecule has 0 atom stereocenters. The predicted molar refractivity (Wildman–Crippen MR) is 125 cm³/mol. The van der Waals surface area contributed by atoms with Gasteiger partial charge in [-0.15, -0.1) is 0 Å². The number of hydrogen-bond donors (Lipinski definition) is 2. The molecule has 1 aliphatic rings. The maximum Gasteiger partial charge on any atom is 0.257 e. The SMILES string of the molecule is COc1ccc(NC(=O)c2cc(CNC(=O)C(C)(C)C)ccc2Cl)cc1C(=O)CC1CC1. The topological polar surface area (TPSA) is 84.5 Å². The van der Waals surface area contributed by atoms with Gasteiger partial charge in [0.05, 0.1) is 23.3 Å². The molecule has 0 bridgehead atoms. The number of ketones is 1. The monoisotopic (exact) mass is 456 g/mol. The first-order valence-corrected chi connectivity index (χ1v) is 11.1. The lowest BCUT2D eigenvalue weighted by Gasteiger charge is -2.18. The lowest BCUT2D eigenvalue weighted by atomic mass is 9.95. The van der Waals surface area contributed by atoms with Crippen molar-refractivity contribution in [2.45, 2.75) is 46.6 Å². The van der Waals surface area contributed by atoms with Gasteiger partial charge < -0.3 is 15.4 Å². The molecule has 0 spiro atoms. The third kappa shape index (κ3) is 6.10. The van der Waals surface area contributed by atoms with Gasteiger partial charge in [-0.25, -0.2) is 0 Å². The van der Waals surface area contributed by atoms with E-state index < -0.39 is 11.3 Å². The summed E-state index contributed by atoms with van der Waals surface area (Å²) in [7, 11) is 1.52. The second-order valence-corrected chi connectivity index (χ2v) is 9.59. The number of methoxy groups -OCH3 is 1. The Balaban J connectivity index is 1.75. The van der Waals surface area contributed by atoms with Gasteiger partial charge >= 0.3 is 0 Å². The Bertz CT molecular complexity index is 1040. The molecule has 7 heteroatoms. The summed E-state index contributed by atoms with van der Waals surface area (Å²) < 4.78 is 5.33. The molecule has 0 unspecified atom stereocenters. The van der Waals surface area contributed by atoms with Crippen LogP contribution in [0.5, 0.6) is 5.75 Å². The Morgan fingerprint density at radius 2 is 1.78 bits per heavy atom. The van der Waals surface area contributed by atoms with Crippen LogP contribution in [0, 0.1) is 11.3 Å². The Morgan fingerprint density at radius 1 is 1.06 bits per heavy atom. The molecule has 1 fully saturated rings. The number of anilines is 1. The van der Waals surface area contributed by atoms with Crippen molar-refractivity contribution >= 4 is 34.9 Å². The number of benzene rings is 2. The van der Waals surface area contributed by atoms with Crippen molar-refractivity contribution in [1.29, 1.82) is 0 Å². The summed E-state index contributed by atoms with van der Waals surface area (Å²) in [6.07, 6.45) is 2.65. The van der Waals surface area contributed by atoms with Gasteiger partial charge in [0, 0.05) is 24.1 Å². The Hall–Kier alpha value is -2.86. The number of amides is 2. The first-order chi connectivity index (χ1) is 15.1. The molecule has 170 valence electrons. The Kier molecular flexibility index (Phi) is 7.24. The number of Topliss-reactive ketones (excluding diaryl/α,β-unsaturated/α-hetero) is 1. The molecular formula is C25H29ClN2O4. The van der Waals surface area contributed by atoms with E-state index in [9.17, 15) is 14.4 Å². The van der Waals surface area contributed by atoms with E-state index in [0.717, 1.165) is 18.4 Å². The fourth-order valence-electron chi connectivity index (χ4n) is 3.20. The van der Waals surface area contributed by atoms with E-state index in [-0.39, 0.29) is 23.8 Å². The third-order valence-electron chi connectivity index (χ3n) is 5.34. The number of nitrogens with one attached hydrogen (secondary N) is 2. The highest BCUT2D eigenvalue weighted by Gasteiger charge is 2.26. The Labute approximate surface area is 193 Å². The summed E-state index contributed by atoms with van der Waals surface area (Å²) >= 11 is 6.26. The fourth-order valence-corrected chi connectivity index (χ4v) is 3.40. The van der Waals surface area contributed by atoms with Crippen LogP contribution in [-0.4, -0.2) is 24.7 Å². The van der Waals surface area contributed by atoms with Crippen molar-refractivity contribution in [3.05, 3.63) is 58.1 Å². The van der Waals surface area contributed by atoms with Crippen molar-refractivity contribution in [2.24, 2.45) is 11.3 Å². The summed E-state index contributed by atoms with van der Waals surface area (Å²) in [6.45, 7) is 5.79. The van der Waals surface area contributed by atoms with Gasteiger partial charge in [-0.2, -0.15) is 0 Å². The number of rotatable bonds is 8. The standard InChI is InChI=1S/C25H29ClN2O4/c1-25(2,3)24(31)27-14-16-7-9-20(26)18(11-16)23(30)28-17-8-10-22(32-4)19(13-17)21(29)12-15-5-6-15/h7-11,13,15H,5-6,12,14H2,1-4H3,(H,27,31)(H,28,30). The minimum atomic E-state index is -0.504. The maximum absolute atomic E-state index is 12.9. The van der Waals surface area contributed by atoms with Crippen molar-refractivity contribution in [1.82, 2.24) is 5.32 Å². The molecule has 32 heavy (non-hydrogen) atoms. The number of hydrogen-bond acceptors (Lipinski definition) is 4. The first-order valence-electron chi connectivity index (χ1n) is 10.7. The molecule has 2 amide bonds. The van der Waals surface area contributed by atoms with Crippen LogP contribution in [0.1, 0.15) is 66.3 Å². The van der Waals surface area contributed by atoms with Gasteiger partial charge in [0.15, 0.2) is 5.78 Å². The summed E-state index contributed by atoms with van der Waals surface area (Å²) in [4.78, 5) is 37.7. The van der Waals surface area contributed by atoms with E-state index in [1.165, 1.54) is 7.11 Å². The summed E-state index contributed by atoms with van der Waals surface area (Å²) in [5.74, 6) is 0.467. The highest BCUT2D eigenvalue weighted by atomic mass is 35.5. The molecule has 0 saturated heterocycles. The lowest BCUT2D eigenvalue weighted by Crippen LogP contribution is -2.34. The number of halogens is 1. The van der Waals surface area contributed by atoms with Crippen LogP contribution in [-0.2, 0) is 11.3 Å². The lowest BCUT2D eigenvalue weighted by molar-refractivity contribution is -0.128. The van der Waals surface area contributed by atoms with Crippen LogP contribution >= 0.6 is 11.6 Å². The normalized spacial score (nSPS) is 13.4. The average Bonchev–Trinajstić information content (AvgIpc) is 3.56. The second kappa shape index (κ2) is 9.74. The molecule has 2 N–H and O–H groups in total. The number of ether oxygens (including phenoxy) is 1. The van der Waals surface area contributed by atoms with Crippen LogP contribution in [0.15, 0.2) is 36.4 Å². The zero-order valence-electron chi connectivity index (χ0n) is 18.9. The first kappa shape index (κ1) is 23.8. The predicted octanol–water partition coefficient (Wildman–Crippen LogP) is 5.25. The molecule has 1 aliphatic carbocycles. The van der Waals surface area contributed by atoms with E-state index in [1.54, 1.807) is 36.4 Å². The summed E-state index contributed by atoms with van der Waals surface area (Å²) in [5, 5.41) is 5.97. The number of carbonyl (C=O) groups excluding carboxylic acids is 3. The molecule has 0 radical (unpaired) electrons. The quantitative estimate of drug-likeness (QED) is 0.531. The average molecular weight is 457 g/mol. The van der Waals surface area contributed by atoms with Gasteiger partial charge in [-0.05, 0) is 54.7 Å². The molecular weight excluding hydrogens is 428 g/mol.